The molecule has 1 aromatic carbocycles. The van der Waals surface area contributed by atoms with Gasteiger partial charge in [-0.1, -0.05) is 28.4 Å². The van der Waals surface area contributed by atoms with Gasteiger partial charge in [-0.15, -0.1) is 5.10 Å². The van der Waals surface area contributed by atoms with Gasteiger partial charge in [0.05, 0.1) is 28.5 Å². The van der Waals surface area contributed by atoms with Crippen molar-refractivity contribution >= 4 is 23.2 Å². The lowest BCUT2D eigenvalue weighted by molar-refractivity contribution is 0.181. The summed E-state index contributed by atoms with van der Waals surface area (Å²) in [7, 11) is 1.61. The predicted octanol–water partition coefficient (Wildman–Crippen LogP) is 2.72. The number of methoxy groups -OCH3 is 1. The summed E-state index contributed by atoms with van der Waals surface area (Å²) in [6, 6.07) is 5.27. The molecular weight excluding hydrogens is 249 g/mol. The Morgan fingerprint density at radius 2 is 2.12 bits per heavy atom. The van der Waals surface area contributed by atoms with Crippen molar-refractivity contribution in [3.05, 3.63) is 40.1 Å². The van der Waals surface area contributed by atoms with Gasteiger partial charge in [0, 0.05) is 7.11 Å². The molecule has 0 aliphatic heterocycles. The molecule has 2 aromatic rings. The minimum Gasteiger partial charge on any atom is -0.378 e. The van der Waals surface area contributed by atoms with Crippen molar-refractivity contribution < 1.29 is 4.74 Å². The first kappa shape index (κ1) is 11.4. The predicted molar refractivity (Wildman–Crippen MR) is 62.1 cm³/mol. The van der Waals surface area contributed by atoms with Crippen LogP contribution >= 0.6 is 23.2 Å². The third kappa shape index (κ3) is 2.35. The molecule has 0 saturated heterocycles. The summed E-state index contributed by atoms with van der Waals surface area (Å²) in [5.41, 5.74) is 1.57. The minimum atomic E-state index is 0.432. The minimum absolute atomic E-state index is 0.432. The molecule has 0 amide bonds. The first-order valence-corrected chi connectivity index (χ1v) is 5.32. The van der Waals surface area contributed by atoms with Crippen LogP contribution in [0.2, 0.25) is 10.0 Å². The fourth-order valence-electron chi connectivity index (χ4n) is 1.27. The molecular formula is C10H9Cl2N3O. The second-order valence-electron chi connectivity index (χ2n) is 3.19. The number of hydrogen-bond donors (Lipinski definition) is 0. The van der Waals surface area contributed by atoms with Crippen LogP contribution in [0.4, 0.5) is 0 Å². The van der Waals surface area contributed by atoms with E-state index in [1.165, 1.54) is 0 Å². The monoisotopic (exact) mass is 257 g/mol. The number of halogens is 2. The van der Waals surface area contributed by atoms with Crippen molar-refractivity contribution in [3.63, 3.8) is 0 Å². The number of rotatable bonds is 3. The fraction of sp³-hybridized carbons (Fsp3) is 0.200. The van der Waals surface area contributed by atoms with Crippen molar-refractivity contribution in [3.8, 4) is 5.69 Å². The quantitative estimate of drug-likeness (QED) is 0.849. The third-order valence-electron chi connectivity index (χ3n) is 2.00. The van der Waals surface area contributed by atoms with Crippen molar-refractivity contribution in [2.24, 2.45) is 0 Å². The number of benzene rings is 1. The lowest BCUT2D eigenvalue weighted by Crippen LogP contribution is -1.94. The van der Waals surface area contributed by atoms with Gasteiger partial charge in [0.25, 0.3) is 0 Å². The van der Waals surface area contributed by atoms with Crippen LogP contribution in [0, 0.1) is 0 Å². The highest BCUT2D eigenvalue weighted by atomic mass is 35.5. The van der Waals surface area contributed by atoms with Crippen LogP contribution in [0.3, 0.4) is 0 Å². The van der Waals surface area contributed by atoms with Crippen LogP contribution in [0.5, 0.6) is 0 Å². The number of hydrogen-bond acceptors (Lipinski definition) is 3. The molecule has 0 N–H and O–H groups in total. The first-order valence-electron chi connectivity index (χ1n) is 4.56. The van der Waals surface area contributed by atoms with Crippen LogP contribution in [0.1, 0.15) is 5.69 Å². The molecule has 0 atom stereocenters. The maximum absolute atomic E-state index is 5.91. The summed E-state index contributed by atoms with van der Waals surface area (Å²) in [6.07, 6.45) is 1.78. The van der Waals surface area contributed by atoms with Gasteiger partial charge in [-0.05, 0) is 18.2 Å². The molecule has 6 heteroatoms. The lowest BCUT2D eigenvalue weighted by atomic mass is 10.3. The maximum Gasteiger partial charge on any atom is 0.109 e. The summed E-state index contributed by atoms with van der Waals surface area (Å²) in [4.78, 5) is 0. The Balaban J connectivity index is 2.31. The molecule has 4 nitrogen and oxygen atoms in total. The van der Waals surface area contributed by atoms with E-state index in [-0.39, 0.29) is 0 Å². The van der Waals surface area contributed by atoms with Crippen molar-refractivity contribution in [1.82, 2.24) is 15.0 Å². The summed E-state index contributed by atoms with van der Waals surface area (Å²) < 4.78 is 6.58. The van der Waals surface area contributed by atoms with Crippen LogP contribution in [0.25, 0.3) is 5.69 Å². The molecule has 1 aromatic heterocycles. The zero-order chi connectivity index (χ0) is 11.5. The zero-order valence-corrected chi connectivity index (χ0v) is 10.0. The Hall–Kier alpha value is -1.10. The van der Waals surface area contributed by atoms with Crippen molar-refractivity contribution in [2.45, 2.75) is 6.61 Å². The van der Waals surface area contributed by atoms with Gasteiger partial charge >= 0.3 is 0 Å². The topological polar surface area (TPSA) is 39.9 Å². The molecule has 0 bridgehead atoms. The van der Waals surface area contributed by atoms with E-state index in [0.717, 1.165) is 11.4 Å². The number of aromatic nitrogens is 3. The highest BCUT2D eigenvalue weighted by Crippen LogP contribution is 2.24. The summed E-state index contributed by atoms with van der Waals surface area (Å²) in [6.45, 7) is 0.432. The Morgan fingerprint density at radius 3 is 2.81 bits per heavy atom. The van der Waals surface area contributed by atoms with Gasteiger partial charge in [-0.25, -0.2) is 4.68 Å². The third-order valence-corrected chi connectivity index (χ3v) is 2.74. The van der Waals surface area contributed by atoms with Crippen LogP contribution in [-0.2, 0) is 11.3 Å². The molecule has 1 heterocycles. The lowest BCUT2D eigenvalue weighted by Gasteiger charge is -2.01. The largest absolute Gasteiger partial charge is 0.378 e. The molecule has 84 valence electrons. The van der Waals surface area contributed by atoms with Gasteiger partial charge in [0.2, 0.25) is 0 Å². The number of nitrogens with zero attached hydrogens (tertiary/aromatic N) is 3. The molecule has 0 fully saturated rings. The summed E-state index contributed by atoms with van der Waals surface area (Å²) in [5, 5.41) is 8.91. The summed E-state index contributed by atoms with van der Waals surface area (Å²) >= 11 is 11.7. The maximum atomic E-state index is 5.91. The standard InChI is InChI=1S/C10H9Cl2N3O/c1-16-6-7-5-15(14-13-7)8-2-3-9(11)10(12)4-8/h2-5H,6H2,1H3. The van der Waals surface area contributed by atoms with Gasteiger partial charge < -0.3 is 4.74 Å². The molecule has 0 aliphatic rings. The Morgan fingerprint density at radius 1 is 1.31 bits per heavy atom. The van der Waals surface area contributed by atoms with Crippen LogP contribution in [0.15, 0.2) is 24.4 Å². The van der Waals surface area contributed by atoms with Crippen molar-refractivity contribution in [1.29, 1.82) is 0 Å². The average molecular weight is 258 g/mol. The molecule has 16 heavy (non-hydrogen) atoms. The first-order chi connectivity index (χ1) is 7.70. The van der Waals surface area contributed by atoms with E-state index in [0.29, 0.717) is 16.7 Å². The Kier molecular flexibility index (Phi) is 3.43. The highest BCUT2D eigenvalue weighted by molar-refractivity contribution is 6.42. The Bertz CT molecular complexity index is 499. The second-order valence-corrected chi connectivity index (χ2v) is 4.00. The number of ether oxygens (including phenoxy) is 1. The average Bonchev–Trinajstić information content (AvgIpc) is 2.71. The second kappa shape index (κ2) is 4.82. The molecule has 0 spiro atoms. The van der Waals surface area contributed by atoms with E-state index in [4.69, 9.17) is 27.9 Å². The van der Waals surface area contributed by atoms with E-state index in [9.17, 15) is 0 Å². The molecule has 2 rings (SSSR count). The highest BCUT2D eigenvalue weighted by Gasteiger charge is 2.04. The van der Waals surface area contributed by atoms with Gasteiger partial charge in [0.1, 0.15) is 5.69 Å². The van der Waals surface area contributed by atoms with Crippen molar-refractivity contribution in [2.75, 3.05) is 7.11 Å². The normalized spacial score (nSPS) is 10.7. The molecule has 0 unspecified atom stereocenters. The van der Waals surface area contributed by atoms with Crippen LogP contribution < -0.4 is 0 Å². The fourth-order valence-corrected chi connectivity index (χ4v) is 1.56. The van der Waals surface area contributed by atoms with Gasteiger partial charge in [-0.3, -0.25) is 0 Å². The smallest absolute Gasteiger partial charge is 0.109 e. The van der Waals surface area contributed by atoms with E-state index in [1.807, 2.05) is 6.07 Å². The van der Waals surface area contributed by atoms with E-state index >= 15 is 0 Å². The van der Waals surface area contributed by atoms with Gasteiger partial charge in [0.15, 0.2) is 0 Å². The molecule has 0 radical (unpaired) electrons. The molecule has 0 saturated carbocycles. The Labute approximate surface area is 103 Å². The van der Waals surface area contributed by atoms with E-state index in [1.54, 1.807) is 30.1 Å². The van der Waals surface area contributed by atoms with E-state index < -0.39 is 0 Å². The van der Waals surface area contributed by atoms with E-state index in [2.05, 4.69) is 10.3 Å². The zero-order valence-electron chi connectivity index (χ0n) is 8.52. The van der Waals surface area contributed by atoms with Crippen LogP contribution in [-0.4, -0.2) is 22.1 Å². The van der Waals surface area contributed by atoms with Gasteiger partial charge in [-0.2, -0.15) is 0 Å². The molecule has 0 aliphatic carbocycles. The summed E-state index contributed by atoms with van der Waals surface area (Å²) in [5.74, 6) is 0. The SMILES string of the molecule is COCc1cn(-c2ccc(Cl)c(Cl)c2)nn1.